The molecule has 0 aliphatic carbocycles. The number of likely N-dealkylation sites (tertiary alicyclic amines) is 1. The van der Waals surface area contributed by atoms with Gasteiger partial charge >= 0.3 is 0 Å². The van der Waals surface area contributed by atoms with Gasteiger partial charge in [0.1, 0.15) is 6.26 Å². The predicted molar refractivity (Wildman–Crippen MR) is 86.3 cm³/mol. The van der Waals surface area contributed by atoms with Gasteiger partial charge in [0.25, 0.3) is 5.91 Å². The molecule has 0 N–H and O–H groups in total. The first-order chi connectivity index (χ1) is 11.7. The Morgan fingerprint density at radius 2 is 2.04 bits per heavy atom. The molecule has 6 heteroatoms. The molecule has 0 saturated carbocycles. The number of carbonyl (C=O) groups excluding carboxylic acids is 1. The van der Waals surface area contributed by atoms with E-state index in [-0.39, 0.29) is 17.7 Å². The minimum absolute atomic E-state index is 0.0269. The lowest BCUT2D eigenvalue weighted by Gasteiger charge is -2.14. The molecule has 24 heavy (non-hydrogen) atoms. The zero-order chi connectivity index (χ0) is 16.5. The Balaban J connectivity index is 1.53. The Kier molecular flexibility index (Phi) is 3.65. The molecule has 1 amide bonds. The van der Waals surface area contributed by atoms with Crippen molar-refractivity contribution in [1.82, 2.24) is 15.0 Å². The van der Waals surface area contributed by atoms with E-state index in [0.717, 1.165) is 5.56 Å². The van der Waals surface area contributed by atoms with Crippen LogP contribution >= 0.6 is 0 Å². The molecule has 0 radical (unpaired) electrons. The quantitative estimate of drug-likeness (QED) is 0.740. The molecule has 0 bridgehead atoms. The van der Waals surface area contributed by atoms with Crippen LogP contribution in [-0.2, 0) is 0 Å². The highest BCUT2D eigenvalue weighted by Gasteiger charge is 2.37. The van der Waals surface area contributed by atoms with E-state index in [2.05, 4.69) is 17.1 Å². The summed E-state index contributed by atoms with van der Waals surface area (Å²) in [5.41, 5.74) is 1.49. The summed E-state index contributed by atoms with van der Waals surface area (Å²) in [6.45, 7) is 3.33. The minimum Gasteiger partial charge on any atom is -0.472 e. The van der Waals surface area contributed by atoms with E-state index < -0.39 is 0 Å². The van der Waals surface area contributed by atoms with E-state index in [4.69, 9.17) is 8.94 Å². The van der Waals surface area contributed by atoms with Gasteiger partial charge in [0, 0.05) is 18.7 Å². The van der Waals surface area contributed by atoms with Gasteiger partial charge < -0.3 is 13.8 Å². The number of aromatic nitrogens is 2. The van der Waals surface area contributed by atoms with Gasteiger partial charge in [0.15, 0.2) is 0 Å². The van der Waals surface area contributed by atoms with Crippen molar-refractivity contribution in [3.05, 3.63) is 60.4 Å². The third-order valence-electron chi connectivity index (χ3n) is 4.46. The normalized spacial score (nSPS) is 20.5. The fourth-order valence-electron chi connectivity index (χ4n) is 3.11. The lowest BCUT2D eigenvalue weighted by molar-refractivity contribution is 0.0785. The van der Waals surface area contributed by atoms with E-state index in [0.29, 0.717) is 30.4 Å². The van der Waals surface area contributed by atoms with Gasteiger partial charge in [0.2, 0.25) is 11.7 Å². The van der Waals surface area contributed by atoms with Crippen LogP contribution in [-0.4, -0.2) is 34.0 Å². The topological polar surface area (TPSA) is 72.4 Å². The molecular formula is C18H17N3O3. The Labute approximate surface area is 139 Å². The molecule has 2 unspecified atom stereocenters. The van der Waals surface area contributed by atoms with Crippen LogP contribution in [0.5, 0.6) is 0 Å². The standard InChI is InChI=1S/C18H17N3O3/c1-12-9-21(18(22)14-7-8-23-11-14)10-15(12)17-19-16(20-24-17)13-5-3-2-4-6-13/h2-8,11-12,15H,9-10H2,1H3. The van der Waals surface area contributed by atoms with Crippen molar-refractivity contribution in [3.63, 3.8) is 0 Å². The second kappa shape index (κ2) is 5.96. The maximum atomic E-state index is 12.5. The summed E-state index contributed by atoms with van der Waals surface area (Å²) in [5.74, 6) is 1.44. The molecule has 1 aliphatic rings. The number of nitrogens with zero attached hydrogens (tertiary/aromatic N) is 3. The molecule has 6 nitrogen and oxygen atoms in total. The lowest BCUT2D eigenvalue weighted by Crippen LogP contribution is -2.28. The first-order valence-corrected chi connectivity index (χ1v) is 7.93. The molecule has 1 aliphatic heterocycles. The van der Waals surface area contributed by atoms with Crippen LogP contribution in [0.25, 0.3) is 11.4 Å². The smallest absolute Gasteiger partial charge is 0.257 e. The monoisotopic (exact) mass is 323 g/mol. The maximum Gasteiger partial charge on any atom is 0.257 e. The van der Waals surface area contributed by atoms with Crippen LogP contribution in [0.3, 0.4) is 0 Å². The Bertz CT molecular complexity index is 826. The number of rotatable bonds is 3. The highest BCUT2D eigenvalue weighted by Crippen LogP contribution is 2.33. The second-order valence-electron chi connectivity index (χ2n) is 6.13. The van der Waals surface area contributed by atoms with E-state index in [1.54, 1.807) is 6.07 Å². The van der Waals surface area contributed by atoms with Crippen molar-refractivity contribution >= 4 is 5.91 Å². The summed E-state index contributed by atoms with van der Waals surface area (Å²) >= 11 is 0. The molecule has 0 spiro atoms. The fourth-order valence-corrected chi connectivity index (χ4v) is 3.11. The number of benzene rings is 1. The number of amides is 1. The van der Waals surface area contributed by atoms with Crippen LogP contribution in [0.1, 0.15) is 29.1 Å². The van der Waals surface area contributed by atoms with Gasteiger partial charge in [-0.3, -0.25) is 4.79 Å². The van der Waals surface area contributed by atoms with Crippen molar-refractivity contribution < 1.29 is 13.7 Å². The largest absolute Gasteiger partial charge is 0.472 e. The highest BCUT2D eigenvalue weighted by molar-refractivity contribution is 5.94. The van der Waals surface area contributed by atoms with Crippen molar-refractivity contribution in [1.29, 1.82) is 0 Å². The third kappa shape index (κ3) is 2.60. The van der Waals surface area contributed by atoms with Gasteiger partial charge in [-0.2, -0.15) is 4.98 Å². The van der Waals surface area contributed by atoms with Gasteiger partial charge in [-0.1, -0.05) is 42.4 Å². The van der Waals surface area contributed by atoms with Crippen LogP contribution in [0.2, 0.25) is 0 Å². The summed E-state index contributed by atoms with van der Waals surface area (Å²) in [6, 6.07) is 11.4. The summed E-state index contributed by atoms with van der Waals surface area (Å²) < 4.78 is 10.5. The molecule has 1 saturated heterocycles. The Hall–Kier alpha value is -2.89. The summed E-state index contributed by atoms with van der Waals surface area (Å²) in [5, 5.41) is 4.08. The predicted octanol–water partition coefficient (Wildman–Crippen LogP) is 3.21. The molecule has 1 aromatic carbocycles. The first kappa shape index (κ1) is 14.7. The number of hydrogen-bond donors (Lipinski definition) is 0. The molecule has 4 rings (SSSR count). The van der Waals surface area contributed by atoms with Gasteiger partial charge in [-0.25, -0.2) is 0 Å². The van der Waals surface area contributed by atoms with Crippen LogP contribution in [0.15, 0.2) is 57.9 Å². The van der Waals surface area contributed by atoms with Crippen molar-refractivity contribution in [2.75, 3.05) is 13.1 Å². The Morgan fingerprint density at radius 3 is 2.79 bits per heavy atom. The summed E-state index contributed by atoms with van der Waals surface area (Å²) in [4.78, 5) is 18.8. The van der Waals surface area contributed by atoms with E-state index in [1.165, 1.54) is 12.5 Å². The van der Waals surface area contributed by atoms with Gasteiger partial charge in [-0.15, -0.1) is 0 Å². The number of furan rings is 1. The number of carbonyl (C=O) groups is 1. The highest BCUT2D eigenvalue weighted by atomic mass is 16.5. The van der Waals surface area contributed by atoms with E-state index >= 15 is 0 Å². The SMILES string of the molecule is CC1CN(C(=O)c2ccoc2)CC1c1nc(-c2ccccc2)no1. The molecule has 122 valence electrons. The molecule has 2 atom stereocenters. The fraction of sp³-hybridized carbons (Fsp3) is 0.278. The zero-order valence-electron chi connectivity index (χ0n) is 13.3. The van der Waals surface area contributed by atoms with Crippen molar-refractivity contribution in [2.45, 2.75) is 12.8 Å². The zero-order valence-corrected chi connectivity index (χ0v) is 13.3. The molecule has 3 aromatic rings. The van der Waals surface area contributed by atoms with Crippen molar-refractivity contribution in [2.24, 2.45) is 5.92 Å². The first-order valence-electron chi connectivity index (χ1n) is 7.93. The minimum atomic E-state index is -0.0269. The average molecular weight is 323 g/mol. The van der Waals surface area contributed by atoms with E-state index in [1.807, 2.05) is 35.2 Å². The molecular weight excluding hydrogens is 306 g/mol. The molecule has 3 heterocycles. The van der Waals surface area contributed by atoms with Crippen LogP contribution < -0.4 is 0 Å². The van der Waals surface area contributed by atoms with E-state index in [9.17, 15) is 4.79 Å². The molecule has 2 aromatic heterocycles. The average Bonchev–Trinajstić information content (AvgIpc) is 3.35. The third-order valence-corrected chi connectivity index (χ3v) is 4.46. The number of hydrogen-bond acceptors (Lipinski definition) is 5. The maximum absolute atomic E-state index is 12.5. The van der Waals surface area contributed by atoms with Gasteiger partial charge in [-0.05, 0) is 12.0 Å². The van der Waals surface area contributed by atoms with Crippen LogP contribution in [0, 0.1) is 5.92 Å². The van der Waals surface area contributed by atoms with Crippen molar-refractivity contribution in [3.8, 4) is 11.4 Å². The summed E-state index contributed by atoms with van der Waals surface area (Å²) in [6.07, 6.45) is 2.98. The van der Waals surface area contributed by atoms with Crippen LogP contribution in [0.4, 0.5) is 0 Å². The second-order valence-corrected chi connectivity index (χ2v) is 6.13. The lowest BCUT2D eigenvalue weighted by atomic mass is 9.98. The Morgan fingerprint density at radius 1 is 1.21 bits per heavy atom. The molecule has 1 fully saturated rings. The summed E-state index contributed by atoms with van der Waals surface area (Å²) in [7, 11) is 0. The van der Waals surface area contributed by atoms with Gasteiger partial charge in [0.05, 0.1) is 17.7 Å².